The molecule has 2 unspecified atom stereocenters. The van der Waals surface area contributed by atoms with Crippen LogP contribution in [0.25, 0.3) is 0 Å². The zero-order chi connectivity index (χ0) is 14.8. The van der Waals surface area contributed by atoms with Crippen LogP contribution in [0.15, 0.2) is 24.3 Å². The highest BCUT2D eigenvalue weighted by molar-refractivity contribution is 5.28. The molecule has 2 atom stereocenters. The molecule has 1 aliphatic heterocycles. The molecule has 1 aliphatic rings. The van der Waals surface area contributed by atoms with Crippen LogP contribution in [0, 0.1) is 5.41 Å². The molecule has 2 rings (SSSR count). The summed E-state index contributed by atoms with van der Waals surface area (Å²) in [5.41, 5.74) is 9.72. The number of rotatable bonds is 3. The molecule has 0 spiro atoms. The third-order valence-electron chi connectivity index (χ3n) is 4.61. The summed E-state index contributed by atoms with van der Waals surface area (Å²) in [6.07, 6.45) is 3.35. The van der Waals surface area contributed by atoms with Crippen LogP contribution in [0.5, 0.6) is 0 Å². The predicted molar refractivity (Wildman–Crippen MR) is 86.9 cm³/mol. The van der Waals surface area contributed by atoms with Crippen LogP contribution in [0.1, 0.15) is 45.2 Å². The second kappa shape index (κ2) is 6.28. The van der Waals surface area contributed by atoms with Gasteiger partial charge in [0.25, 0.3) is 0 Å². The van der Waals surface area contributed by atoms with Crippen molar-refractivity contribution in [2.45, 2.75) is 59.0 Å². The van der Waals surface area contributed by atoms with Crippen molar-refractivity contribution in [1.29, 1.82) is 0 Å². The number of fused-ring (bicyclic) bond motifs is 1. The van der Waals surface area contributed by atoms with Crippen molar-refractivity contribution in [1.82, 2.24) is 4.90 Å². The van der Waals surface area contributed by atoms with E-state index >= 15 is 0 Å². The number of hydrogen-bond donors (Lipinski definition) is 1. The van der Waals surface area contributed by atoms with Gasteiger partial charge in [0.05, 0.1) is 0 Å². The number of nitrogens with zero attached hydrogens (tertiary/aromatic N) is 1. The van der Waals surface area contributed by atoms with Crippen LogP contribution >= 0.6 is 0 Å². The molecule has 20 heavy (non-hydrogen) atoms. The minimum atomic E-state index is 0.228. The van der Waals surface area contributed by atoms with E-state index in [1.165, 1.54) is 11.1 Å². The lowest BCUT2D eigenvalue weighted by Gasteiger charge is -2.43. The molecule has 0 aromatic heterocycles. The molecule has 0 saturated heterocycles. The van der Waals surface area contributed by atoms with Gasteiger partial charge >= 0.3 is 0 Å². The van der Waals surface area contributed by atoms with Gasteiger partial charge in [-0.05, 0) is 35.8 Å². The third-order valence-corrected chi connectivity index (χ3v) is 4.61. The van der Waals surface area contributed by atoms with E-state index in [2.05, 4.69) is 56.9 Å². The van der Waals surface area contributed by atoms with Gasteiger partial charge in [0.1, 0.15) is 0 Å². The topological polar surface area (TPSA) is 29.3 Å². The van der Waals surface area contributed by atoms with Crippen molar-refractivity contribution in [3.05, 3.63) is 35.4 Å². The van der Waals surface area contributed by atoms with Gasteiger partial charge in [-0.3, -0.25) is 4.90 Å². The molecule has 0 radical (unpaired) electrons. The minimum absolute atomic E-state index is 0.228. The summed E-state index contributed by atoms with van der Waals surface area (Å²) in [6.45, 7) is 11.4. The van der Waals surface area contributed by atoms with Crippen LogP contribution in [0.3, 0.4) is 0 Å². The van der Waals surface area contributed by atoms with Crippen molar-refractivity contribution in [3.63, 3.8) is 0 Å². The Balaban J connectivity index is 2.17. The lowest BCUT2D eigenvalue weighted by atomic mass is 9.80. The highest BCUT2D eigenvalue weighted by Crippen LogP contribution is 2.29. The van der Waals surface area contributed by atoms with E-state index in [0.29, 0.717) is 6.04 Å². The van der Waals surface area contributed by atoms with Gasteiger partial charge in [-0.2, -0.15) is 0 Å². The SMILES string of the molecule is CCC(N)C(N1CCc2ccccc2CC1)C(C)(C)C. The Morgan fingerprint density at radius 2 is 1.60 bits per heavy atom. The molecule has 1 aromatic rings. The molecule has 1 heterocycles. The van der Waals surface area contributed by atoms with Gasteiger partial charge in [-0.15, -0.1) is 0 Å². The fraction of sp³-hybridized carbons (Fsp3) is 0.667. The molecule has 2 N–H and O–H groups in total. The summed E-state index contributed by atoms with van der Waals surface area (Å²) in [4.78, 5) is 2.63. The molecule has 0 fully saturated rings. The van der Waals surface area contributed by atoms with Crippen molar-refractivity contribution < 1.29 is 0 Å². The standard InChI is InChI=1S/C18H30N2/c1-5-16(19)17(18(2,3)4)20-12-10-14-8-6-7-9-15(14)11-13-20/h6-9,16-17H,5,10-13,19H2,1-4H3. The smallest absolute Gasteiger partial charge is 0.0295 e. The number of benzene rings is 1. The predicted octanol–water partition coefficient (Wildman–Crippen LogP) is 3.24. The first-order valence-electron chi connectivity index (χ1n) is 8.00. The maximum Gasteiger partial charge on any atom is 0.0295 e. The Hall–Kier alpha value is -0.860. The molecular weight excluding hydrogens is 244 g/mol. The number of hydrogen-bond acceptors (Lipinski definition) is 2. The summed E-state index contributed by atoms with van der Waals surface area (Å²) in [5.74, 6) is 0. The molecule has 0 amide bonds. The van der Waals surface area contributed by atoms with E-state index in [9.17, 15) is 0 Å². The second-order valence-corrected chi connectivity index (χ2v) is 7.19. The highest BCUT2D eigenvalue weighted by Gasteiger charge is 2.34. The van der Waals surface area contributed by atoms with Crippen LogP contribution in [-0.4, -0.2) is 30.1 Å². The lowest BCUT2D eigenvalue weighted by molar-refractivity contribution is 0.0800. The first-order chi connectivity index (χ1) is 9.43. The Labute approximate surface area is 124 Å². The largest absolute Gasteiger partial charge is 0.326 e. The maximum absolute atomic E-state index is 6.45. The van der Waals surface area contributed by atoms with E-state index in [0.717, 1.165) is 32.4 Å². The summed E-state index contributed by atoms with van der Waals surface area (Å²) in [5, 5.41) is 0. The van der Waals surface area contributed by atoms with E-state index in [4.69, 9.17) is 5.73 Å². The summed E-state index contributed by atoms with van der Waals surface area (Å²) >= 11 is 0. The van der Waals surface area contributed by atoms with Crippen LogP contribution in [-0.2, 0) is 12.8 Å². The van der Waals surface area contributed by atoms with Gasteiger partial charge in [0, 0.05) is 25.2 Å². The lowest BCUT2D eigenvalue weighted by Crippen LogP contribution is -2.55. The molecule has 1 aromatic carbocycles. The monoisotopic (exact) mass is 274 g/mol. The maximum atomic E-state index is 6.45. The summed E-state index contributed by atoms with van der Waals surface area (Å²) < 4.78 is 0. The summed E-state index contributed by atoms with van der Waals surface area (Å²) in [7, 11) is 0. The summed E-state index contributed by atoms with van der Waals surface area (Å²) in [6, 6.07) is 9.61. The molecule has 2 heteroatoms. The zero-order valence-corrected chi connectivity index (χ0v) is 13.5. The quantitative estimate of drug-likeness (QED) is 0.917. The second-order valence-electron chi connectivity index (χ2n) is 7.19. The van der Waals surface area contributed by atoms with E-state index in [-0.39, 0.29) is 11.5 Å². The molecule has 0 saturated carbocycles. The fourth-order valence-electron chi connectivity index (χ4n) is 3.65. The van der Waals surface area contributed by atoms with Crippen molar-refractivity contribution >= 4 is 0 Å². The van der Waals surface area contributed by atoms with E-state index in [1.807, 2.05) is 0 Å². The number of nitrogens with two attached hydrogens (primary N) is 1. The van der Waals surface area contributed by atoms with Crippen LogP contribution in [0.2, 0.25) is 0 Å². The Morgan fingerprint density at radius 1 is 1.10 bits per heavy atom. The normalized spacial score (nSPS) is 20.1. The molecular formula is C18H30N2. The van der Waals surface area contributed by atoms with Crippen LogP contribution in [0.4, 0.5) is 0 Å². The first kappa shape index (κ1) is 15.5. The average molecular weight is 274 g/mol. The first-order valence-corrected chi connectivity index (χ1v) is 8.00. The van der Waals surface area contributed by atoms with Crippen LogP contribution < -0.4 is 5.73 Å². The highest BCUT2D eigenvalue weighted by atomic mass is 15.2. The van der Waals surface area contributed by atoms with Gasteiger partial charge < -0.3 is 5.73 Å². The van der Waals surface area contributed by atoms with Crippen molar-refractivity contribution in [3.8, 4) is 0 Å². The zero-order valence-electron chi connectivity index (χ0n) is 13.5. The van der Waals surface area contributed by atoms with E-state index in [1.54, 1.807) is 0 Å². The molecule has 2 nitrogen and oxygen atoms in total. The third kappa shape index (κ3) is 3.42. The molecule has 112 valence electrons. The fourth-order valence-corrected chi connectivity index (χ4v) is 3.65. The average Bonchev–Trinajstić information content (AvgIpc) is 2.60. The van der Waals surface area contributed by atoms with Crippen molar-refractivity contribution in [2.75, 3.05) is 13.1 Å². The van der Waals surface area contributed by atoms with Gasteiger partial charge in [-0.25, -0.2) is 0 Å². The molecule has 0 aliphatic carbocycles. The van der Waals surface area contributed by atoms with Gasteiger partial charge in [-0.1, -0.05) is 52.0 Å². The Bertz CT molecular complexity index is 406. The molecule has 0 bridgehead atoms. The Kier molecular flexibility index (Phi) is 4.87. The van der Waals surface area contributed by atoms with E-state index < -0.39 is 0 Å². The Morgan fingerprint density at radius 3 is 2.00 bits per heavy atom. The van der Waals surface area contributed by atoms with Crippen molar-refractivity contribution in [2.24, 2.45) is 11.1 Å². The van der Waals surface area contributed by atoms with Gasteiger partial charge in [0.15, 0.2) is 0 Å². The minimum Gasteiger partial charge on any atom is -0.326 e. The van der Waals surface area contributed by atoms with Gasteiger partial charge in [0.2, 0.25) is 0 Å².